The average Bonchev–Trinajstić information content (AvgIpc) is 2.83. The minimum atomic E-state index is -1.23. The highest BCUT2D eigenvalue weighted by atomic mass is 16.5. The lowest BCUT2D eigenvalue weighted by Crippen LogP contribution is -2.34. The molecule has 18 heavy (non-hydrogen) atoms. The number of H-pyrrole nitrogens is 1. The number of methoxy groups -OCH3 is 1. The fourth-order valence-electron chi connectivity index (χ4n) is 1.38. The van der Waals surface area contributed by atoms with Crippen LogP contribution in [0.3, 0.4) is 0 Å². The van der Waals surface area contributed by atoms with E-state index < -0.39 is 18.2 Å². The maximum atomic E-state index is 11.2. The molecular weight excluding hydrogens is 240 g/mol. The summed E-state index contributed by atoms with van der Waals surface area (Å²) >= 11 is 0. The number of carbonyl (C=O) groups excluding carboxylic acids is 2. The van der Waals surface area contributed by atoms with E-state index in [1.807, 2.05) is 0 Å². The molecule has 2 atom stereocenters. The molecule has 1 heterocycles. The van der Waals surface area contributed by atoms with Crippen LogP contribution in [0.15, 0.2) is 12.1 Å². The summed E-state index contributed by atoms with van der Waals surface area (Å²) in [6, 6.07) is 2.91. The van der Waals surface area contributed by atoms with Crippen LogP contribution in [0.2, 0.25) is 0 Å². The summed E-state index contributed by atoms with van der Waals surface area (Å²) in [7, 11) is 1.24. The van der Waals surface area contributed by atoms with Gasteiger partial charge in [0.2, 0.25) is 5.91 Å². The van der Waals surface area contributed by atoms with E-state index in [9.17, 15) is 19.8 Å². The Bertz CT molecular complexity index is 429. The number of hydrogen-bond acceptors (Lipinski definition) is 5. The Kier molecular flexibility index (Phi) is 4.87. The molecule has 0 saturated carbocycles. The number of nitrogens with one attached hydrogen (secondary N) is 2. The maximum absolute atomic E-state index is 11.2. The average molecular weight is 256 g/mol. The first kappa shape index (κ1) is 14.2. The smallest absolute Gasteiger partial charge is 0.354 e. The quantitative estimate of drug-likeness (QED) is 0.522. The van der Waals surface area contributed by atoms with Gasteiger partial charge in [0.15, 0.2) is 0 Å². The van der Waals surface area contributed by atoms with Crippen molar-refractivity contribution in [2.75, 3.05) is 13.7 Å². The minimum absolute atomic E-state index is 0.0803. The van der Waals surface area contributed by atoms with Crippen LogP contribution in [0, 0.1) is 0 Å². The zero-order valence-corrected chi connectivity index (χ0v) is 10.1. The van der Waals surface area contributed by atoms with Crippen LogP contribution in [-0.4, -0.2) is 46.8 Å². The number of rotatable bonds is 5. The van der Waals surface area contributed by atoms with Crippen LogP contribution >= 0.6 is 0 Å². The molecule has 100 valence electrons. The van der Waals surface area contributed by atoms with Crippen molar-refractivity contribution in [1.82, 2.24) is 10.3 Å². The van der Waals surface area contributed by atoms with E-state index in [2.05, 4.69) is 15.0 Å². The zero-order valence-electron chi connectivity index (χ0n) is 10.1. The summed E-state index contributed by atoms with van der Waals surface area (Å²) in [6.07, 6.45) is -2.40. The largest absolute Gasteiger partial charge is 0.464 e. The highest BCUT2D eigenvalue weighted by Crippen LogP contribution is 2.16. The van der Waals surface area contributed by atoms with Gasteiger partial charge in [0.25, 0.3) is 0 Å². The number of aliphatic hydroxyl groups excluding tert-OH is 2. The van der Waals surface area contributed by atoms with Crippen molar-refractivity contribution in [2.45, 2.75) is 19.1 Å². The predicted octanol–water partition coefficient (Wildman–Crippen LogP) is -0.668. The minimum Gasteiger partial charge on any atom is -0.464 e. The van der Waals surface area contributed by atoms with Crippen molar-refractivity contribution in [1.29, 1.82) is 0 Å². The first-order valence-corrected chi connectivity index (χ1v) is 5.33. The Labute approximate surface area is 104 Å². The SMILES string of the molecule is COC(=O)c1ccc(C(O)C(O)CNC(C)=O)[nH]1. The van der Waals surface area contributed by atoms with E-state index in [1.165, 1.54) is 26.2 Å². The van der Waals surface area contributed by atoms with E-state index >= 15 is 0 Å². The molecule has 0 aliphatic rings. The molecule has 0 aliphatic carbocycles. The monoisotopic (exact) mass is 256 g/mol. The van der Waals surface area contributed by atoms with Crippen LogP contribution in [-0.2, 0) is 9.53 Å². The normalized spacial score (nSPS) is 13.8. The Morgan fingerprint density at radius 2 is 2.11 bits per heavy atom. The van der Waals surface area contributed by atoms with Gasteiger partial charge in [-0.25, -0.2) is 4.79 Å². The fraction of sp³-hybridized carbons (Fsp3) is 0.455. The molecule has 1 aromatic rings. The molecule has 0 aromatic carbocycles. The van der Waals surface area contributed by atoms with Crippen LogP contribution < -0.4 is 5.32 Å². The van der Waals surface area contributed by atoms with Gasteiger partial charge in [-0.05, 0) is 12.1 Å². The number of aromatic nitrogens is 1. The number of aromatic amines is 1. The molecule has 7 heteroatoms. The van der Waals surface area contributed by atoms with Crippen molar-refractivity contribution in [3.8, 4) is 0 Å². The van der Waals surface area contributed by atoms with Gasteiger partial charge >= 0.3 is 5.97 Å². The van der Waals surface area contributed by atoms with Gasteiger partial charge in [-0.1, -0.05) is 0 Å². The molecular formula is C11H16N2O5. The third-order valence-electron chi connectivity index (χ3n) is 2.36. The Morgan fingerprint density at radius 1 is 1.44 bits per heavy atom. The molecule has 2 unspecified atom stereocenters. The number of hydrogen-bond donors (Lipinski definition) is 4. The van der Waals surface area contributed by atoms with E-state index in [0.717, 1.165) is 0 Å². The molecule has 1 rings (SSSR count). The Hall–Kier alpha value is -1.86. The van der Waals surface area contributed by atoms with E-state index in [4.69, 9.17) is 0 Å². The lowest BCUT2D eigenvalue weighted by molar-refractivity contribution is -0.119. The first-order valence-electron chi connectivity index (χ1n) is 5.33. The van der Waals surface area contributed by atoms with Crippen LogP contribution in [0.5, 0.6) is 0 Å². The molecule has 1 aromatic heterocycles. The number of carbonyl (C=O) groups is 2. The standard InChI is InChI=1S/C11H16N2O5/c1-6(14)12-5-9(15)10(16)7-3-4-8(13-7)11(17)18-2/h3-4,9-10,13,15-16H,5H2,1-2H3,(H,12,14). The van der Waals surface area contributed by atoms with Crippen LogP contribution in [0.4, 0.5) is 0 Å². The molecule has 0 bridgehead atoms. The second-order valence-corrected chi connectivity index (χ2v) is 3.77. The molecule has 0 aliphatic heterocycles. The predicted molar refractivity (Wildman–Crippen MR) is 61.8 cm³/mol. The summed E-state index contributed by atoms with van der Waals surface area (Å²) in [5, 5.41) is 21.8. The molecule has 0 saturated heterocycles. The molecule has 7 nitrogen and oxygen atoms in total. The van der Waals surface area contributed by atoms with Crippen molar-refractivity contribution in [2.24, 2.45) is 0 Å². The second-order valence-electron chi connectivity index (χ2n) is 3.77. The molecule has 0 spiro atoms. The topological polar surface area (TPSA) is 112 Å². The maximum Gasteiger partial charge on any atom is 0.354 e. The number of aliphatic hydroxyl groups is 2. The van der Waals surface area contributed by atoms with Crippen molar-refractivity contribution < 1.29 is 24.5 Å². The number of ether oxygens (including phenoxy) is 1. The zero-order chi connectivity index (χ0) is 13.7. The molecule has 4 N–H and O–H groups in total. The van der Waals surface area contributed by atoms with Gasteiger partial charge in [-0.3, -0.25) is 4.79 Å². The molecule has 1 amide bonds. The summed E-state index contributed by atoms with van der Waals surface area (Å²) in [5.74, 6) is -0.868. The van der Waals surface area contributed by atoms with Gasteiger partial charge < -0.3 is 25.3 Å². The highest BCUT2D eigenvalue weighted by molar-refractivity contribution is 5.87. The van der Waals surface area contributed by atoms with Gasteiger partial charge in [-0.15, -0.1) is 0 Å². The van der Waals surface area contributed by atoms with E-state index in [0.29, 0.717) is 0 Å². The summed E-state index contributed by atoms with van der Waals surface area (Å²) in [6.45, 7) is 1.23. The lowest BCUT2D eigenvalue weighted by atomic mass is 10.1. The summed E-state index contributed by atoms with van der Waals surface area (Å²) in [4.78, 5) is 24.5. The Balaban J connectivity index is 2.65. The lowest BCUT2D eigenvalue weighted by Gasteiger charge is -2.16. The Morgan fingerprint density at radius 3 is 2.67 bits per heavy atom. The van der Waals surface area contributed by atoms with Crippen LogP contribution in [0.25, 0.3) is 0 Å². The van der Waals surface area contributed by atoms with Crippen molar-refractivity contribution in [3.63, 3.8) is 0 Å². The van der Waals surface area contributed by atoms with Crippen molar-refractivity contribution >= 4 is 11.9 Å². The van der Waals surface area contributed by atoms with Gasteiger partial charge in [0, 0.05) is 19.2 Å². The third-order valence-corrected chi connectivity index (χ3v) is 2.36. The number of amides is 1. The van der Waals surface area contributed by atoms with Gasteiger partial charge in [-0.2, -0.15) is 0 Å². The van der Waals surface area contributed by atoms with Gasteiger partial charge in [0.05, 0.1) is 7.11 Å². The van der Waals surface area contributed by atoms with E-state index in [-0.39, 0.29) is 23.8 Å². The number of esters is 1. The van der Waals surface area contributed by atoms with Gasteiger partial charge in [0.1, 0.15) is 17.9 Å². The van der Waals surface area contributed by atoms with Crippen molar-refractivity contribution in [3.05, 3.63) is 23.5 Å². The third kappa shape index (κ3) is 3.57. The van der Waals surface area contributed by atoms with Crippen LogP contribution in [0.1, 0.15) is 29.2 Å². The summed E-state index contributed by atoms with van der Waals surface area (Å²) in [5.41, 5.74) is 0.450. The fourth-order valence-corrected chi connectivity index (χ4v) is 1.38. The first-order chi connectivity index (χ1) is 8.45. The highest BCUT2D eigenvalue weighted by Gasteiger charge is 2.21. The molecule has 0 fully saturated rings. The second kappa shape index (κ2) is 6.18. The van der Waals surface area contributed by atoms with E-state index in [1.54, 1.807) is 0 Å². The summed E-state index contributed by atoms with van der Waals surface area (Å²) < 4.78 is 4.50. The molecule has 0 radical (unpaired) electrons.